The van der Waals surface area contributed by atoms with E-state index in [-0.39, 0.29) is 17.7 Å². The molecule has 2 aliphatic heterocycles. The minimum absolute atomic E-state index is 0.143. The molecule has 98 valence electrons. The molecule has 1 N–H and O–H groups in total. The summed E-state index contributed by atoms with van der Waals surface area (Å²) in [6.07, 6.45) is 2.61. The second-order valence-corrected chi connectivity index (χ2v) is 5.81. The quantitative estimate of drug-likeness (QED) is 0.785. The number of carbonyl (C=O) groups excluding carboxylic acids is 1. The standard InChI is InChI=1S/C13H23NO3/c1-13(2,16)11-3-6-14(9-11)12(15)10-4-7-17-8-5-10/h10-11,16H,3-9H2,1-2H3. The molecule has 0 radical (unpaired) electrons. The van der Waals surface area contributed by atoms with E-state index in [9.17, 15) is 9.90 Å². The van der Waals surface area contributed by atoms with Crippen LogP contribution in [-0.2, 0) is 9.53 Å². The Kier molecular flexibility index (Phi) is 3.73. The second-order valence-electron chi connectivity index (χ2n) is 5.81. The Morgan fingerprint density at radius 1 is 1.29 bits per heavy atom. The maximum atomic E-state index is 12.3. The highest BCUT2D eigenvalue weighted by atomic mass is 16.5. The van der Waals surface area contributed by atoms with Gasteiger partial charge in [0.05, 0.1) is 5.60 Å². The topological polar surface area (TPSA) is 49.8 Å². The molecule has 0 aromatic carbocycles. The highest BCUT2D eigenvalue weighted by Gasteiger charge is 2.37. The molecular weight excluding hydrogens is 218 g/mol. The van der Waals surface area contributed by atoms with Crippen molar-refractivity contribution in [1.82, 2.24) is 4.90 Å². The minimum atomic E-state index is -0.676. The van der Waals surface area contributed by atoms with Crippen molar-refractivity contribution in [3.63, 3.8) is 0 Å². The van der Waals surface area contributed by atoms with Gasteiger partial charge in [-0.2, -0.15) is 0 Å². The molecule has 1 amide bonds. The summed E-state index contributed by atoms with van der Waals surface area (Å²) in [6, 6.07) is 0. The van der Waals surface area contributed by atoms with Crippen LogP contribution in [0.1, 0.15) is 33.1 Å². The third-order valence-electron chi connectivity index (χ3n) is 4.07. The van der Waals surface area contributed by atoms with E-state index < -0.39 is 5.60 Å². The first kappa shape index (κ1) is 12.8. The van der Waals surface area contributed by atoms with Gasteiger partial charge in [-0.05, 0) is 33.1 Å². The zero-order chi connectivity index (χ0) is 12.5. The Morgan fingerprint density at radius 3 is 2.47 bits per heavy atom. The highest BCUT2D eigenvalue weighted by Crippen LogP contribution is 2.29. The molecule has 0 aliphatic carbocycles. The number of hydrogen-bond acceptors (Lipinski definition) is 3. The lowest BCUT2D eigenvalue weighted by atomic mass is 9.90. The van der Waals surface area contributed by atoms with Crippen LogP contribution in [0, 0.1) is 11.8 Å². The summed E-state index contributed by atoms with van der Waals surface area (Å²) < 4.78 is 5.28. The van der Waals surface area contributed by atoms with Gasteiger partial charge in [0.15, 0.2) is 0 Å². The van der Waals surface area contributed by atoms with Gasteiger partial charge in [-0.25, -0.2) is 0 Å². The second kappa shape index (κ2) is 4.94. The molecule has 0 aromatic heterocycles. The Bertz CT molecular complexity index is 279. The van der Waals surface area contributed by atoms with Gasteiger partial charge in [0.25, 0.3) is 0 Å². The summed E-state index contributed by atoms with van der Waals surface area (Å²) in [7, 11) is 0. The van der Waals surface area contributed by atoms with E-state index in [4.69, 9.17) is 4.74 Å². The molecule has 1 atom stereocenters. The van der Waals surface area contributed by atoms with Crippen LogP contribution in [0.3, 0.4) is 0 Å². The number of hydrogen-bond donors (Lipinski definition) is 1. The largest absolute Gasteiger partial charge is 0.390 e. The van der Waals surface area contributed by atoms with E-state index in [1.54, 1.807) is 0 Å². The highest BCUT2D eigenvalue weighted by molar-refractivity contribution is 5.79. The van der Waals surface area contributed by atoms with Gasteiger partial charge in [-0.1, -0.05) is 0 Å². The fourth-order valence-corrected chi connectivity index (χ4v) is 2.74. The fourth-order valence-electron chi connectivity index (χ4n) is 2.74. The molecule has 0 saturated carbocycles. The molecule has 2 aliphatic rings. The third kappa shape index (κ3) is 2.99. The zero-order valence-corrected chi connectivity index (χ0v) is 10.8. The summed E-state index contributed by atoms with van der Waals surface area (Å²) >= 11 is 0. The normalized spacial score (nSPS) is 27.5. The minimum Gasteiger partial charge on any atom is -0.390 e. The van der Waals surface area contributed by atoms with Crippen LogP contribution in [0.5, 0.6) is 0 Å². The van der Waals surface area contributed by atoms with Crippen LogP contribution in [0.25, 0.3) is 0 Å². The van der Waals surface area contributed by atoms with Crippen molar-refractivity contribution in [2.75, 3.05) is 26.3 Å². The summed E-state index contributed by atoms with van der Waals surface area (Å²) in [5.41, 5.74) is -0.676. The van der Waals surface area contributed by atoms with Crippen molar-refractivity contribution in [3.05, 3.63) is 0 Å². The van der Waals surface area contributed by atoms with Gasteiger partial charge < -0.3 is 14.7 Å². The van der Waals surface area contributed by atoms with E-state index in [1.807, 2.05) is 18.7 Å². The van der Waals surface area contributed by atoms with E-state index in [0.717, 1.165) is 25.8 Å². The number of aliphatic hydroxyl groups is 1. The molecule has 2 rings (SSSR count). The lowest BCUT2D eigenvalue weighted by Gasteiger charge is -2.28. The molecule has 2 saturated heterocycles. The monoisotopic (exact) mass is 241 g/mol. The van der Waals surface area contributed by atoms with Crippen LogP contribution in [0.15, 0.2) is 0 Å². The van der Waals surface area contributed by atoms with Crippen molar-refractivity contribution < 1.29 is 14.6 Å². The van der Waals surface area contributed by atoms with E-state index in [2.05, 4.69) is 0 Å². The summed E-state index contributed by atoms with van der Waals surface area (Å²) in [4.78, 5) is 14.2. The van der Waals surface area contributed by atoms with Gasteiger partial charge in [0.2, 0.25) is 5.91 Å². The Morgan fingerprint density at radius 2 is 1.94 bits per heavy atom. The zero-order valence-electron chi connectivity index (χ0n) is 10.8. The molecule has 4 nitrogen and oxygen atoms in total. The van der Waals surface area contributed by atoms with Gasteiger partial charge in [0, 0.05) is 38.1 Å². The molecule has 2 heterocycles. The maximum Gasteiger partial charge on any atom is 0.225 e. The molecule has 0 aromatic rings. The van der Waals surface area contributed by atoms with Gasteiger partial charge in [-0.15, -0.1) is 0 Å². The average Bonchev–Trinajstić information content (AvgIpc) is 2.78. The van der Waals surface area contributed by atoms with Crippen molar-refractivity contribution in [2.45, 2.75) is 38.7 Å². The predicted molar refractivity (Wildman–Crippen MR) is 64.5 cm³/mol. The van der Waals surface area contributed by atoms with Crippen LogP contribution in [0.4, 0.5) is 0 Å². The average molecular weight is 241 g/mol. The van der Waals surface area contributed by atoms with Crippen molar-refractivity contribution in [3.8, 4) is 0 Å². The summed E-state index contributed by atoms with van der Waals surface area (Å²) in [5.74, 6) is 0.621. The first-order valence-electron chi connectivity index (χ1n) is 6.57. The van der Waals surface area contributed by atoms with Crippen molar-refractivity contribution in [2.24, 2.45) is 11.8 Å². The van der Waals surface area contributed by atoms with E-state index >= 15 is 0 Å². The van der Waals surface area contributed by atoms with Crippen molar-refractivity contribution in [1.29, 1.82) is 0 Å². The molecule has 4 heteroatoms. The Balaban J connectivity index is 1.89. The summed E-state index contributed by atoms with van der Waals surface area (Å²) in [5, 5.41) is 9.97. The SMILES string of the molecule is CC(C)(O)C1CCN(C(=O)C2CCOCC2)C1. The van der Waals surface area contributed by atoms with Gasteiger partial charge in [0.1, 0.15) is 0 Å². The smallest absolute Gasteiger partial charge is 0.225 e. The lowest BCUT2D eigenvalue weighted by Crippen LogP contribution is -2.39. The van der Waals surface area contributed by atoms with Gasteiger partial charge in [-0.3, -0.25) is 4.79 Å². The Hall–Kier alpha value is -0.610. The number of amides is 1. The van der Waals surface area contributed by atoms with Crippen molar-refractivity contribution >= 4 is 5.91 Å². The molecule has 0 spiro atoms. The fraction of sp³-hybridized carbons (Fsp3) is 0.923. The number of ether oxygens (including phenoxy) is 1. The number of nitrogens with zero attached hydrogens (tertiary/aromatic N) is 1. The molecule has 2 fully saturated rings. The number of carbonyl (C=O) groups is 1. The van der Waals surface area contributed by atoms with Crippen LogP contribution < -0.4 is 0 Å². The van der Waals surface area contributed by atoms with E-state index in [1.165, 1.54) is 0 Å². The number of likely N-dealkylation sites (tertiary alicyclic amines) is 1. The molecule has 17 heavy (non-hydrogen) atoms. The predicted octanol–water partition coefficient (Wildman–Crippen LogP) is 1.03. The van der Waals surface area contributed by atoms with Crippen LogP contribution in [-0.4, -0.2) is 47.8 Å². The van der Waals surface area contributed by atoms with E-state index in [0.29, 0.717) is 19.8 Å². The number of rotatable bonds is 2. The lowest BCUT2D eigenvalue weighted by molar-refractivity contribution is -0.137. The molecular formula is C13H23NO3. The maximum absolute atomic E-state index is 12.3. The van der Waals surface area contributed by atoms with Crippen LogP contribution in [0.2, 0.25) is 0 Å². The third-order valence-corrected chi connectivity index (χ3v) is 4.07. The molecule has 1 unspecified atom stereocenters. The Labute approximate surface area is 103 Å². The first-order valence-corrected chi connectivity index (χ1v) is 6.57. The van der Waals surface area contributed by atoms with Gasteiger partial charge >= 0.3 is 0 Å². The molecule has 0 bridgehead atoms. The van der Waals surface area contributed by atoms with Crippen LogP contribution >= 0.6 is 0 Å². The summed E-state index contributed by atoms with van der Waals surface area (Å²) in [6.45, 7) is 6.59. The first-order chi connectivity index (χ1) is 7.98.